The molecule has 1 aliphatic heterocycles. The Morgan fingerprint density at radius 2 is 2.10 bits per heavy atom. The van der Waals surface area contributed by atoms with Crippen LogP contribution in [0.25, 0.3) is 0 Å². The summed E-state index contributed by atoms with van der Waals surface area (Å²) in [4.78, 5) is 5.09. The molecule has 1 aromatic carbocycles. The number of anilines is 1. The Morgan fingerprint density at radius 1 is 1.33 bits per heavy atom. The molecule has 0 radical (unpaired) electrons. The van der Waals surface area contributed by atoms with E-state index in [1.807, 2.05) is 11.8 Å². The van der Waals surface area contributed by atoms with Crippen LogP contribution < -0.4 is 5.32 Å². The average molecular weight is 302 g/mol. The van der Waals surface area contributed by atoms with Gasteiger partial charge in [-0.15, -0.1) is 0 Å². The highest BCUT2D eigenvalue weighted by Gasteiger charge is 2.38. The number of nitrogens with zero attached hydrogens (tertiary/aromatic N) is 1. The van der Waals surface area contributed by atoms with Crippen molar-refractivity contribution in [2.45, 2.75) is 58.4 Å². The highest BCUT2D eigenvalue weighted by atomic mass is 32.2. The van der Waals surface area contributed by atoms with Crippen molar-refractivity contribution in [3.8, 4) is 0 Å². The highest BCUT2D eigenvalue weighted by Crippen LogP contribution is 2.42. The second-order valence-corrected chi connectivity index (χ2v) is 7.66. The molecule has 1 aliphatic carbocycles. The molecule has 2 nitrogen and oxygen atoms in total. The van der Waals surface area contributed by atoms with Gasteiger partial charge in [0.2, 0.25) is 0 Å². The van der Waals surface area contributed by atoms with Crippen molar-refractivity contribution in [1.82, 2.24) is 0 Å². The minimum Gasteiger partial charge on any atom is -0.335 e. The Hall–Kier alpha value is -0.960. The number of hydrogen-bond acceptors (Lipinski definition) is 3. The zero-order valence-electron chi connectivity index (χ0n) is 13.4. The van der Waals surface area contributed by atoms with Crippen LogP contribution >= 0.6 is 11.8 Å². The second-order valence-electron chi connectivity index (χ2n) is 6.70. The van der Waals surface area contributed by atoms with E-state index in [1.165, 1.54) is 42.5 Å². The molecule has 21 heavy (non-hydrogen) atoms. The summed E-state index contributed by atoms with van der Waals surface area (Å²) < 4.78 is 0. The predicted octanol–water partition coefficient (Wildman–Crippen LogP) is 5.02. The molecule has 1 fully saturated rings. The fraction of sp³-hybridized carbons (Fsp3) is 0.611. The molecule has 0 aromatic heterocycles. The van der Waals surface area contributed by atoms with E-state index in [1.54, 1.807) is 0 Å². The van der Waals surface area contributed by atoms with Crippen LogP contribution in [-0.2, 0) is 6.42 Å². The van der Waals surface area contributed by atoms with E-state index in [9.17, 15) is 0 Å². The molecular formula is C18H26N2S. The van der Waals surface area contributed by atoms with Gasteiger partial charge in [0.15, 0.2) is 5.17 Å². The van der Waals surface area contributed by atoms with Crippen molar-refractivity contribution in [2.24, 2.45) is 10.9 Å². The molecule has 0 bridgehead atoms. The molecule has 1 spiro atoms. The summed E-state index contributed by atoms with van der Waals surface area (Å²) in [7, 11) is 0. The zero-order valence-corrected chi connectivity index (χ0v) is 14.2. The number of thioether (sulfide) groups is 1. The molecule has 1 aromatic rings. The van der Waals surface area contributed by atoms with E-state index in [0.29, 0.717) is 0 Å². The molecule has 0 saturated heterocycles. The van der Waals surface area contributed by atoms with E-state index >= 15 is 0 Å². The second kappa shape index (κ2) is 6.04. The summed E-state index contributed by atoms with van der Waals surface area (Å²) in [6.45, 7) is 6.77. The largest absolute Gasteiger partial charge is 0.335 e. The van der Waals surface area contributed by atoms with Gasteiger partial charge in [-0.2, -0.15) is 0 Å². The minimum atomic E-state index is 0.231. The Morgan fingerprint density at radius 3 is 2.81 bits per heavy atom. The molecule has 1 heterocycles. The quantitative estimate of drug-likeness (QED) is 0.829. The average Bonchev–Trinajstić information content (AvgIpc) is 2.88. The number of rotatable bonds is 2. The molecule has 0 unspecified atom stereocenters. The monoisotopic (exact) mass is 302 g/mol. The number of hydrogen-bond donors (Lipinski definition) is 1. The Labute approximate surface area is 132 Å². The summed E-state index contributed by atoms with van der Waals surface area (Å²) in [5, 5.41) is 4.76. The van der Waals surface area contributed by atoms with Gasteiger partial charge in [-0.3, -0.25) is 4.99 Å². The van der Waals surface area contributed by atoms with Crippen LogP contribution in [0.4, 0.5) is 5.69 Å². The van der Waals surface area contributed by atoms with Crippen molar-refractivity contribution in [3.63, 3.8) is 0 Å². The third kappa shape index (κ3) is 3.13. The maximum absolute atomic E-state index is 5.09. The van der Waals surface area contributed by atoms with Crippen LogP contribution in [0.5, 0.6) is 0 Å². The lowest BCUT2D eigenvalue weighted by Crippen LogP contribution is -2.32. The lowest BCUT2D eigenvalue weighted by atomic mass is 9.79. The summed E-state index contributed by atoms with van der Waals surface area (Å²) >= 11 is 1.91. The van der Waals surface area contributed by atoms with Crippen LogP contribution in [0.3, 0.4) is 0 Å². The van der Waals surface area contributed by atoms with Gasteiger partial charge in [0.1, 0.15) is 0 Å². The van der Waals surface area contributed by atoms with Gasteiger partial charge in [0, 0.05) is 11.4 Å². The highest BCUT2D eigenvalue weighted by molar-refractivity contribution is 8.14. The molecule has 3 rings (SSSR count). The van der Waals surface area contributed by atoms with E-state index in [4.69, 9.17) is 4.99 Å². The Bertz CT molecular complexity index is 542. The third-order valence-corrected chi connectivity index (χ3v) is 6.14. The van der Waals surface area contributed by atoms with E-state index < -0.39 is 0 Å². The van der Waals surface area contributed by atoms with Crippen LogP contribution in [-0.4, -0.2) is 16.5 Å². The summed E-state index contributed by atoms with van der Waals surface area (Å²) in [6.07, 6.45) is 6.26. The first-order chi connectivity index (χ1) is 10.1. The van der Waals surface area contributed by atoms with Gasteiger partial charge in [0.25, 0.3) is 0 Å². The van der Waals surface area contributed by atoms with E-state index in [-0.39, 0.29) is 5.54 Å². The molecular weight excluding hydrogens is 276 g/mol. The van der Waals surface area contributed by atoms with Gasteiger partial charge in [-0.25, -0.2) is 0 Å². The van der Waals surface area contributed by atoms with Gasteiger partial charge in [0.05, 0.1) is 5.54 Å². The number of aliphatic imine (C=N–C) groups is 1. The molecule has 1 saturated carbocycles. The third-order valence-electron chi connectivity index (χ3n) is 4.99. The fourth-order valence-electron chi connectivity index (χ4n) is 3.41. The van der Waals surface area contributed by atoms with Crippen LogP contribution in [0, 0.1) is 12.8 Å². The minimum absolute atomic E-state index is 0.231. The van der Waals surface area contributed by atoms with Gasteiger partial charge in [-0.1, -0.05) is 43.8 Å². The number of nitrogens with one attached hydrogen (secondary N) is 1. The summed E-state index contributed by atoms with van der Waals surface area (Å²) in [6, 6.07) is 6.54. The molecule has 114 valence electrons. The zero-order chi connectivity index (χ0) is 14.9. The van der Waals surface area contributed by atoms with E-state index in [0.717, 1.165) is 23.3 Å². The standard InChI is InChI=1S/C18H26N2S/c1-4-15-7-5-6-14(3)16(15)19-17-20-18(12-21-17)10-8-13(2)9-11-18/h5-7,13H,4,8-12H2,1-3H3,(H,19,20). The number of para-hydroxylation sites is 1. The fourth-order valence-corrected chi connectivity index (χ4v) is 4.60. The molecule has 0 atom stereocenters. The van der Waals surface area contributed by atoms with Crippen LogP contribution in [0.15, 0.2) is 23.2 Å². The molecule has 2 aliphatic rings. The van der Waals surface area contributed by atoms with Crippen LogP contribution in [0.2, 0.25) is 0 Å². The van der Waals surface area contributed by atoms with Crippen molar-refractivity contribution < 1.29 is 0 Å². The lowest BCUT2D eigenvalue weighted by molar-refractivity contribution is 0.273. The first kappa shape index (κ1) is 15.0. The molecule has 0 amide bonds. The van der Waals surface area contributed by atoms with Gasteiger partial charge >= 0.3 is 0 Å². The summed E-state index contributed by atoms with van der Waals surface area (Å²) in [5.41, 5.74) is 4.20. The summed E-state index contributed by atoms with van der Waals surface area (Å²) in [5.74, 6) is 2.05. The maximum atomic E-state index is 5.09. The SMILES string of the molecule is CCc1cccc(C)c1NC1=NC2(CCC(C)CC2)CS1. The van der Waals surface area contributed by atoms with Crippen LogP contribution in [0.1, 0.15) is 50.7 Å². The van der Waals surface area contributed by atoms with Gasteiger partial charge < -0.3 is 5.32 Å². The maximum Gasteiger partial charge on any atom is 0.161 e. The van der Waals surface area contributed by atoms with Crippen molar-refractivity contribution in [2.75, 3.05) is 11.1 Å². The lowest BCUT2D eigenvalue weighted by Gasteiger charge is -2.32. The normalized spacial score (nSPS) is 28.7. The predicted molar refractivity (Wildman–Crippen MR) is 94.4 cm³/mol. The molecule has 3 heteroatoms. The first-order valence-corrected chi connectivity index (χ1v) is 9.18. The topological polar surface area (TPSA) is 24.4 Å². The molecule has 1 N–H and O–H groups in total. The van der Waals surface area contributed by atoms with Crippen molar-refractivity contribution in [3.05, 3.63) is 29.3 Å². The smallest absolute Gasteiger partial charge is 0.161 e. The Balaban J connectivity index is 1.77. The van der Waals surface area contributed by atoms with Gasteiger partial charge in [-0.05, 0) is 56.1 Å². The van der Waals surface area contributed by atoms with E-state index in [2.05, 4.69) is 44.3 Å². The Kier molecular flexibility index (Phi) is 4.30. The van der Waals surface area contributed by atoms with Crippen molar-refractivity contribution in [1.29, 1.82) is 0 Å². The van der Waals surface area contributed by atoms with Crippen molar-refractivity contribution >= 4 is 22.6 Å². The number of benzene rings is 1. The first-order valence-electron chi connectivity index (χ1n) is 8.20. The number of aryl methyl sites for hydroxylation is 2. The number of amidine groups is 1.